The lowest BCUT2D eigenvalue weighted by atomic mass is 10.2. The number of aliphatic hydroxyl groups excluding tert-OH is 1. The van der Waals surface area contributed by atoms with Gasteiger partial charge in [0.1, 0.15) is 17.3 Å². The molecule has 0 aliphatic carbocycles. The number of halogens is 1. The average molecular weight is 305 g/mol. The van der Waals surface area contributed by atoms with Crippen molar-refractivity contribution in [3.05, 3.63) is 48.0 Å². The molecule has 0 amide bonds. The summed E-state index contributed by atoms with van der Waals surface area (Å²) in [6.07, 6.45) is 0.988. The van der Waals surface area contributed by atoms with E-state index in [-0.39, 0.29) is 24.6 Å². The van der Waals surface area contributed by atoms with Crippen LogP contribution in [0.1, 0.15) is 12.2 Å². The Morgan fingerprint density at radius 1 is 1.27 bits per heavy atom. The molecule has 118 valence electrons. The first-order valence-corrected chi connectivity index (χ1v) is 7.42. The van der Waals surface area contributed by atoms with Crippen molar-refractivity contribution >= 4 is 0 Å². The zero-order valence-corrected chi connectivity index (χ0v) is 12.5. The molecule has 1 aliphatic rings. The van der Waals surface area contributed by atoms with Crippen LogP contribution in [0.2, 0.25) is 0 Å². The van der Waals surface area contributed by atoms with Crippen LogP contribution in [-0.2, 0) is 11.3 Å². The molecule has 1 aromatic carbocycles. The Kier molecular flexibility index (Phi) is 4.57. The molecular formula is C17H20FNO3. The first-order valence-electron chi connectivity index (χ1n) is 7.42. The zero-order chi connectivity index (χ0) is 15.5. The molecule has 1 fully saturated rings. The molecule has 0 bridgehead atoms. The Morgan fingerprint density at radius 3 is 2.73 bits per heavy atom. The summed E-state index contributed by atoms with van der Waals surface area (Å²) in [5.41, 5.74) is 0.850. The number of aliphatic hydroxyl groups is 1. The van der Waals surface area contributed by atoms with Gasteiger partial charge in [-0.1, -0.05) is 0 Å². The summed E-state index contributed by atoms with van der Waals surface area (Å²) in [5.74, 6) is 1.29. The topological polar surface area (TPSA) is 45.8 Å². The van der Waals surface area contributed by atoms with Gasteiger partial charge in [0, 0.05) is 25.3 Å². The molecule has 2 heterocycles. The van der Waals surface area contributed by atoms with Gasteiger partial charge in [-0.2, -0.15) is 0 Å². The lowest BCUT2D eigenvalue weighted by molar-refractivity contribution is 0.106. The van der Waals surface area contributed by atoms with Crippen molar-refractivity contribution in [1.82, 2.24) is 4.90 Å². The van der Waals surface area contributed by atoms with Gasteiger partial charge in [-0.25, -0.2) is 4.39 Å². The Balaban J connectivity index is 1.70. The van der Waals surface area contributed by atoms with Crippen LogP contribution in [0.25, 0.3) is 11.3 Å². The molecule has 1 N–H and O–H groups in total. The summed E-state index contributed by atoms with van der Waals surface area (Å²) in [4.78, 5) is 2.17. The number of hydrogen-bond donors (Lipinski definition) is 1. The summed E-state index contributed by atoms with van der Waals surface area (Å²) >= 11 is 0. The van der Waals surface area contributed by atoms with E-state index in [9.17, 15) is 9.50 Å². The van der Waals surface area contributed by atoms with Gasteiger partial charge in [-0.05, 0) is 42.8 Å². The molecule has 22 heavy (non-hydrogen) atoms. The Morgan fingerprint density at radius 2 is 2.05 bits per heavy atom. The molecule has 0 spiro atoms. The lowest BCUT2D eigenvalue weighted by Gasteiger charge is -2.20. The Hall–Kier alpha value is -1.69. The minimum atomic E-state index is -0.260. The van der Waals surface area contributed by atoms with Crippen LogP contribution >= 0.6 is 0 Å². The first-order chi connectivity index (χ1) is 10.7. The van der Waals surface area contributed by atoms with Crippen LogP contribution in [0.3, 0.4) is 0 Å². The van der Waals surface area contributed by atoms with Crippen molar-refractivity contribution in [3.63, 3.8) is 0 Å². The number of furan rings is 1. The third kappa shape index (κ3) is 3.21. The van der Waals surface area contributed by atoms with Crippen LogP contribution in [0, 0.1) is 5.82 Å². The van der Waals surface area contributed by atoms with E-state index < -0.39 is 0 Å². The molecule has 0 saturated carbocycles. The fraction of sp³-hybridized carbons (Fsp3) is 0.412. The second-order valence-electron chi connectivity index (χ2n) is 5.63. The van der Waals surface area contributed by atoms with Gasteiger partial charge in [0.15, 0.2) is 0 Å². The van der Waals surface area contributed by atoms with E-state index in [1.54, 1.807) is 19.2 Å². The van der Waals surface area contributed by atoms with Gasteiger partial charge in [-0.15, -0.1) is 0 Å². The summed E-state index contributed by atoms with van der Waals surface area (Å²) in [6.45, 7) is 1.53. The van der Waals surface area contributed by atoms with Crippen LogP contribution in [-0.4, -0.2) is 42.4 Å². The largest absolute Gasteiger partial charge is 0.460 e. The molecule has 0 unspecified atom stereocenters. The first kappa shape index (κ1) is 15.2. The maximum atomic E-state index is 13.0. The van der Waals surface area contributed by atoms with Gasteiger partial charge in [0.2, 0.25) is 0 Å². The number of likely N-dealkylation sites (tertiary alicyclic amines) is 1. The number of hydrogen-bond acceptors (Lipinski definition) is 4. The van der Waals surface area contributed by atoms with Gasteiger partial charge >= 0.3 is 0 Å². The second kappa shape index (κ2) is 6.60. The van der Waals surface area contributed by atoms with E-state index in [2.05, 4.69) is 4.90 Å². The van der Waals surface area contributed by atoms with E-state index in [1.165, 1.54) is 12.1 Å². The number of rotatable bonds is 5. The smallest absolute Gasteiger partial charge is 0.134 e. The van der Waals surface area contributed by atoms with Crippen LogP contribution in [0.5, 0.6) is 0 Å². The van der Waals surface area contributed by atoms with Gasteiger partial charge in [0.05, 0.1) is 19.3 Å². The number of benzene rings is 1. The van der Waals surface area contributed by atoms with Gasteiger partial charge in [-0.3, -0.25) is 4.90 Å². The molecule has 0 radical (unpaired) electrons. The highest BCUT2D eigenvalue weighted by Gasteiger charge is 2.32. The van der Waals surface area contributed by atoms with Crippen molar-refractivity contribution < 1.29 is 18.7 Å². The van der Waals surface area contributed by atoms with E-state index in [4.69, 9.17) is 9.15 Å². The molecule has 2 aromatic rings. The maximum Gasteiger partial charge on any atom is 0.134 e. The van der Waals surface area contributed by atoms with Crippen molar-refractivity contribution in [1.29, 1.82) is 0 Å². The fourth-order valence-electron chi connectivity index (χ4n) is 2.92. The number of nitrogens with zero attached hydrogens (tertiary/aromatic N) is 1. The van der Waals surface area contributed by atoms with E-state index >= 15 is 0 Å². The van der Waals surface area contributed by atoms with Crippen molar-refractivity contribution in [2.45, 2.75) is 25.1 Å². The third-order valence-corrected chi connectivity index (χ3v) is 4.18. The average Bonchev–Trinajstić information content (AvgIpc) is 3.15. The Bertz CT molecular complexity index is 611. The second-order valence-corrected chi connectivity index (χ2v) is 5.63. The summed E-state index contributed by atoms with van der Waals surface area (Å²) in [6, 6.07) is 10.2. The highest BCUT2D eigenvalue weighted by molar-refractivity contribution is 5.57. The van der Waals surface area contributed by atoms with E-state index in [0.717, 1.165) is 30.0 Å². The van der Waals surface area contributed by atoms with Crippen LogP contribution in [0.15, 0.2) is 40.8 Å². The quantitative estimate of drug-likeness (QED) is 0.922. The predicted molar refractivity (Wildman–Crippen MR) is 80.8 cm³/mol. The van der Waals surface area contributed by atoms with Crippen molar-refractivity contribution in [3.8, 4) is 11.3 Å². The normalized spacial score (nSPS) is 22.3. The van der Waals surface area contributed by atoms with Gasteiger partial charge < -0.3 is 14.3 Å². The number of ether oxygens (including phenoxy) is 1. The van der Waals surface area contributed by atoms with Crippen molar-refractivity contribution in [2.24, 2.45) is 0 Å². The monoisotopic (exact) mass is 305 g/mol. The predicted octanol–water partition coefficient (Wildman–Crippen LogP) is 2.67. The van der Waals surface area contributed by atoms with Gasteiger partial charge in [0.25, 0.3) is 0 Å². The van der Waals surface area contributed by atoms with E-state index in [0.29, 0.717) is 6.54 Å². The molecule has 4 nitrogen and oxygen atoms in total. The molecule has 1 aromatic heterocycles. The summed E-state index contributed by atoms with van der Waals surface area (Å²) < 4.78 is 24.2. The molecule has 3 rings (SSSR count). The number of methoxy groups -OCH3 is 1. The van der Waals surface area contributed by atoms with Crippen molar-refractivity contribution in [2.75, 3.05) is 20.3 Å². The van der Waals surface area contributed by atoms with Crippen LogP contribution in [0.4, 0.5) is 4.39 Å². The molecule has 1 aliphatic heterocycles. The molecular weight excluding hydrogens is 285 g/mol. The van der Waals surface area contributed by atoms with E-state index in [1.807, 2.05) is 12.1 Å². The third-order valence-electron chi connectivity index (χ3n) is 4.18. The molecule has 1 saturated heterocycles. The maximum absolute atomic E-state index is 13.0. The Labute approximate surface area is 129 Å². The summed E-state index contributed by atoms with van der Waals surface area (Å²) in [7, 11) is 1.70. The SMILES string of the molecule is CO[C@@H]1C[C@@H](CO)N(Cc2ccc(-c3ccc(F)cc3)o2)C1. The summed E-state index contributed by atoms with van der Waals surface area (Å²) in [5, 5.41) is 9.47. The highest BCUT2D eigenvalue weighted by atomic mass is 19.1. The standard InChI is InChI=1S/C17H20FNO3/c1-21-16-8-14(11-20)19(10-16)9-15-6-7-17(22-15)12-2-4-13(18)5-3-12/h2-7,14,16,20H,8-11H2,1H3/t14-,16+/m0/s1. The molecule has 2 atom stereocenters. The minimum absolute atomic E-state index is 0.101. The molecule has 5 heteroatoms. The highest BCUT2D eigenvalue weighted by Crippen LogP contribution is 2.26. The fourth-order valence-corrected chi connectivity index (χ4v) is 2.92. The lowest BCUT2D eigenvalue weighted by Crippen LogP contribution is -2.31. The zero-order valence-electron chi connectivity index (χ0n) is 12.5. The van der Waals surface area contributed by atoms with Crippen LogP contribution < -0.4 is 0 Å². The minimum Gasteiger partial charge on any atom is -0.460 e.